The van der Waals surface area contributed by atoms with Crippen molar-refractivity contribution >= 4 is 18.0 Å². The molecule has 0 aliphatic heterocycles. The lowest BCUT2D eigenvalue weighted by Gasteiger charge is -2.23. The number of hydrogen-bond donors (Lipinski definition) is 2. The molecule has 2 aromatic carbocycles. The molecule has 2 N–H and O–H groups in total. The molecule has 172 valence electrons. The largest absolute Gasteiger partial charge is 0.467 e. The number of carbonyl (C=O) groups excluding carboxylic acids is 3. The predicted octanol–water partition coefficient (Wildman–Crippen LogP) is 3.54. The Kier molecular flexibility index (Phi) is 9.73. The van der Waals surface area contributed by atoms with Crippen molar-refractivity contribution in [3.63, 3.8) is 0 Å². The number of methoxy groups -OCH3 is 1. The van der Waals surface area contributed by atoms with Crippen LogP contribution in [0.25, 0.3) is 0 Å². The number of rotatable bonds is 10. The second-order valence-electron chi connectivity index (χ2n) is 8.17. The van der Waals surface area contributed by atoms with Gasteiger partial charge in [0.15, 0.2) is 0 Å². The van der Waals surface area contributed by atoms with Gasteiger partial charge >= 0.3 is 12.1 Å². The van der Waals surface area contributed by atoms with Crippen molar-refractivity contribution in [2.24, 2.45) is 5.92 Å². The average molecular weight is 441 g/mol. The highest BCUT2D eigenvalue weighted by Gasteiger charge is 2.28. The summed E-state index contributed by atoms with van der Waals surface area (Å²) in [4.78, 5) is 37.6. The van der Waals surface area contributed by atoms with Crippen LogP contribution in [0.4, 0.5) is 4.79 Å². The molecule has 0 spiro atoms. The molecule has 0 aliphatic rings. The molecule has 0 heterocycles. The zero-order valence-electron chi connectivity index (χ0n) is 19.1. The summed E-state index contributed by atoms with van der Waals surface area (Å²) in [5, 5.41) is 5.36. The van der Waals surface area contributed by atoms with Gasteiger partial charge in [-0.05, 0) is 30.4 Å². The van der Waals surface area contributed by atoms with Gasteiger partial charge < -0.3 is 20.1 Å². The molecule has 0 aliphatic carbocycles. The minimum absolute atomic E-state index is 0.0981. The van der Waals surface area contributed by atoms with E-state index in [1.165, 1.54) is 7.11 Å². The molecule has 0 radical (unpaired) electrons. The van der Waals surface area contributed by atoms with Crippen LogP contribution in [0.5, 0.6) is 0 Å². The fourth-order valence-electron chi connectivity index (χ4n) is 3.29. The first-order valence-electron chi connectivity index (χ1n) is 10.7. The van der Waals surface area contributed by atoms with Crippen LogP contribution >= 0.6 is 0 Å². The number of nitrogens with one attached hydrogen (secondary N) is 2. The summed E-state index contributed by atoms with van der Waals surface area (Å²) < 4.78 is 10.1. The number of ether oxygens (including phenoxy) is 2. The molecule has 0 saturated heterocycles. The highest BCUT2D eigenvalue weighted by Crippen LogP contribution is 2.10. The molecular formula is C25H32N2O5. The lowest BCUT2D eigenvalue weighted by atomic mass is 10.0. The molecule has 2 amide bonds. The number of hydrogen-bond acceptors (Lipinski definition) is 5. The van der Waals surface area contributed by atoms with E-state index in [4.69, 9.17) is 9.47 Å². The fourth-order valence-corrected chi connectivity index (χ4v) is 3.29. The minimum Gasteiger partial charge on any atom is -0.467 e. The summed E-state index contributed by atoms with van der Waals surface area (Å²) in [7, 11) is 1.28. The van der Waals surface area contributed by atoms with Crippen LogP contribution < -0.4 is 10.6 Å². The normalized spacial score (nSPS) is 12.5. The average Bonchev–Trinajstić information content (AvgIpc) is 2.76. The smallest absolute Gasteiger partial charge is 0.408 e. The molecule has 2 aromatic rings. The second-order valence-corrected chi connectivity index (χ2v) is 8.17. The number of carbonyl (C=O) groups is 3. The van der Waals surface area contributed by atoms with Gasteiger partial charge in [-0.15, -0.1) is 0 Å². The first-order valence-corrected chi connectivity index (χ1v) is 10.7. The van der Waals surface area contributed by atoms with Gasteiger partial charge in [0.05, 0.1) is 7.11 Å². The lowest BCUT2D eigenvalue weighted by molar-refractivity contribution is -0.145. The van der Waals surface area contributed by atoms with Crippen molar-refractivity contribution in [2.45, 2.75) is 52.3 Å². The first-order chi connectivity index (χ1) is 15.3. The van der Waals surface area contributed by atoms with E-state index in [1.807, 2.05) is 75.4 Å². The maximum absolute atomic E-state index is 13.0. The van der Waals surface area contributed by atoms with Crippen molar-refractivity contribution in [3.05, 3.63) is 71.3 Å². The van der Waals surface area contributed by atoms with Gasteiger partial charge in [0, 0.05) is 6.42 Å². The van der Waals surface area contributed by atoms with Crippen LogP contribution in [0.1, 0.15) is 37.0 Å². The molecule has 2 rings (SSSR count). The van der Waals surface area contributed by atoms with E-state index in [1.54, 1.807) is 0 Å². The van der Waals surface area contributed by atoms with E-state index in [-0.39, 0.29) is 18.9 Å². The molecular weight excluding hydrogens is 408 g/mol. The minimum atomic E-state index is -0.869. The molecule has 7 nitrogen and oxygen atoms in total. The maximum Gasteiger partial charge on any atom is 0.408 e. The van der Waals surface area contributed by atoms with Crippen molar-refractivity contribution in [1.29, 1.82) is 0 Å². The molecule has 2 atom stereocenters. The number of aryl methyl sites for hydroxylation is 1. The summed E-state index contributed by atoms with van der Waals surface area (Å²) >= 11 is 0. The molecule has 0 bridgehead atoms. The van der Waals surface area contributed by atoms with E-state index < -0.39 is 30.1 Å². The van der Waals surface area contributed by atoms with Crippen molar-refractivity contribution in [2.75, 3.05) is 7.11 Å². The summed E-state index contributed by atoms with van der Waals surface area (Å²) in [5.74, 6) is -0.873. The van der Waals surface area contributed by atoms with Crippen LogP contribution in [-0.4, -0.2) is 37.2 Å². The number of amides is 2. The van der Waals surface area contributed by atoms with E-state index in [0.29, 0.717) is 6.42 Å². The Morgan fingerprint density at radius 3 is 2.22 bits per heavy atom. The monoisotopic (exact) mass is 440 g/mol. The van der Waals surface area contributed by atoms with Crippen LogP contribution in [0.2, 0.25) is 0 Å². The number of esters is 1. The van der Waals surface area contributed by atoms with Crippen LogP contribution in [-0.2, 0) is 32.1 Å². The highest BCUT2D eigenvalue weighted by atomic mass is 16.5. The summed E-state index contributed by atoms with van der Waals surface area (Å²) in [6.45, 7) is 5.95. The van der Waals surface area contributed by atoms with Crippen molar-refractivity contribution in [3.8, 4) is 0 Å². The molecule has 0 saturated carbocycles. The summed E-state index contributed by atoms with van der Waals surface area (Å²) in [5.41, 5.74) is 2.80. The van der Waals surface area contributed by atoms with Gasteiger partial charge in [-0.1, -0.05) is 74.0 Å². The molecule has 0 aromatic heterocycles. The van der Waals surface area contributed by atoms with Gasteiger partial charge in [-0.2, -0.15) is 0 Å². The lowest BCUT2D eigenvalue weighted by Crippen LogP contribution is -2.53. The van der Waals surface area contributed by atoms with Crippen LogP contribution in [0.3, 0.4) is 0 Å². The molecule has 0 fully saturated rings. The third kappa shape index (κ3) is 8.41. The second kappa shape index (κ2) is 12.5. The molecule has 0 unspecified atom stereocenters. The molecule has 32 heavy (non-hydrogen) atoms. The summed E-state index contributed by atoms with van der Waals surface area (Å²) in [6.07, 6.45) is -0.0136. The number of benzene rings is 2. The topological polar surface area (TPSA) is 93.7 Å². The van der Waals surface area contributed by atoms with Gasteiger partial charge in [0.1, 0.15) is 18.7 Å². The van der Waals surface area contributed by atoms with E-state index >= 15 is 0 Å². The Balaban J connectivity index is 2.04. The Bertz CT molecular complexity index is 898. The van der Waals surface area contributed by atoms with E-state index in [2.05, 4.69) is 10.6 Å². The van der Waals surface area contributed by atoms with E-state index in [0.717, 1.165) is 16.7 Å². The Hall–Kier alpha value is -3.35. The Morgan fingerprint density at radius 1 is 0.906 bits per heavy atom. The molecule has 7 heteroatoms. The van der Waals surface area contributed by atoms with Gasteiger partial charge in [0.25, 0.3) is 0 Å². The Labute approximate surface area is 189 Å². The fraction of sp³-hybridized carbons (Fsp3) is 0.400. The summed E-state index contributed by atoms with van der Waals surface area (Å²) in [6, 6.07) is 15.3. The van der Waals surface area contributed by atoms with Gasteiger partial charge in [-0.3, -0.25) is 4.79 Å². The highest BCUT2D eigenvalue weighted by molar-refractivity contribution is 5.89. The third-order valence-electron chi connectivity index (χ3n) is 4.85. The zero-order valence-corrected chi connectivity index (χ0v) is 19.1. The zero-order chi connectivity index (χ0) is 23.5. The Morgan fingerprint density at radius 2 is 1.59 bits per heavy atom. The third-order valence-corrected chi connectivity index (χ3v) is 4.85. The number of alkyl carbamates (subject to hydrolysis) is 1. The van der Waals surface area contributed by atoms with Crippen LogP contribution in [0.15, 0.2) is 54.6 Å². The predicted molar refractivity (Wildman–Crippen MR) is 122 cm³/mol. The van der Waals surface area contributed by atoms with Gasteiger partial charge in [-0.25, -0.2) is 9.59 Å². The SMILES string of the molecule is COC(=O)[C@@H](Cc1cccc(C)c1)NC(=O)[C@H](CC(C)C)NC(=O)OCc1ccccc1. The first kappa shape index (κ1) is 24.9. The van der Waals surface area contributed by atoms with Crippen LogP contribution in [0, 0.1) is 12.8 Å². The maximum atomic E-state index is 13.0. The quantitative estimate of drug-likeness (QED) is 0.551. The van der Waals surface area contributed by atoms with Crippen molar-refractivity contribution < 1.29 is 23.9 Å². The van der Waals surface area contributed by atoms with Gasteiger partial charge in [0.2, 0.25) is 5.91 Å². The van der Waals surface area contributed by atoms with Crippen molar-refractivity contribution in [1.82, 2.24) is 10.6 Å². The standard InChI is InChI=1S/C25H32N2O5/c1-17(2)13-21(27-25(30)32-16-19-10-6-5-7-11-19)23(28)26-22(24(29)31-4)15-20-12-8-9-18(3)14-20/h5-12,14,17,21-22H,13,15-16H2,1-4H3,(H,26,28)(H,27,30)/t21-,22+/m0/s1. The van der Waals surface area contributed by atoms with E-state index in [9.17, 15) is 14.4 Å².